The van der Waals surface area contributed by atoms with Gasteiger partial charge in [0.15, 0.2) is 0 Å². The third-order valence-corrected chi connectivity index (χ3v) is 2.76. The van der Waals surface area contributed by atoms with Crippen LogP contribution in [0.4, 0.5) is 5.69 Å². The van der Waals surface area contributed by atoms with E-state index in [1.165, 1.54) is 12.4 Å². The number of aryl methyl sites for hydroxylation is 1. The first kappa shape index (κ1) is 12.9. The lowest BCUT2D eigenvalue weighted by atomic mass is 10.3. The predicted octanol–water partition coefficient (Wildman–Crippen LogP) is 2.85. The molecule has 7 heteroatoms. The highest BCUT2D eigenvalue weighted by Crippen LogP contribution is 2.16. The normalized spacial score (nSPS) is 10.2. The smallest absolute Gasteiger partial charge is 0.275 e. The number of pyridine rings is 1. The number of rotatable bonds is 2. The highest BCUT2D eigenvalue weighted by atomic mass is 79.9. The maximum Gasteiger partial charge on any atom is 0.275 e. The van der Waals surface area contributed by atoms with E-state index in [1.807, 2.05) is 0 Å². The molecule has 0 aliphatic heterocycles. The lowest BCUT2D eigenvalue weighted by Crippen LogP contribution is -2.15. The van der Waals surface area contributed by atoms with Crippen LogP contribution < -0.4 is 5.32 Å². The van der Waals surface area contributed by atoms with E-state index >= 15 is 0 Å². The molecule has 0 spiro atoms. The van der Waals surface area contributed by atoms with Gasteiger partial charge in [-0.05, 0) is 35.0 Å². The third kappa shape index (κ3) is 3.02. The molecule has 2 rings (SSSR count). The summed E-state index contributed by atoms with van der Waals surface area (Å²) in [5.74, 6) is -0.378. The van der Waals surface area contributed by atoms with Crippen molar-refractivity contribution in [2.24, 2.45) is 0 Å². The van der Waals surface area contributed by atoms with Crippen LogP contribution in [0.3, 0.4) is 0 Å². The van der Waals surface area contributed by atoms with Gasteiger partial charge in [0.1, 0.15) is 15.5 Å². The maximum atomic E-state index is 11.9. The summed E-state index contributed by atoms with van der Waals surface area (Å²) >= 11 is 8.93. The molecule has 5 nitrogen and oxygen atoms in total. The number of nitrogens with zero attached hydrogens (tertiary/aromatic N) is 3. The van der Waals surface area contributed by atoms with Crippen LogP contribution >= 0.6 is 27.5 Å². The third-order valence-electron chi connectivity index (χ3n) is 2.14. The fourth-order valence-corrected chi connectivity index (χ4v) is 1.85. The second-order valence-electron chi connectivity index (χ2n) is 3.45. The molecular formula is C11H8BrClN4O. The maximum absolute atomic E-state index is 11.9. The van der Waals surface area contributed by atoms with E-state index in [-0.39, 0.29) is 16.8 Å². The summed E-state index contributed by atoms with van der Waals surface area (Å²) in [6.45, 7) is 1.80. The Hall–Kier alpha value is -1.53. The number of hydrogen-bond acceptors (Lipinski definition) is 4. The summed E-state index contributed by atoms with van der Waals surface area (Å²) in [7, 11) is 0. The van der Waals surface area contributed by atoms with Gasteiger partial charge in [0.25, 0.3) is 5.91 Å². The zero-order valence-corrected chi connectivity index (χ0v) is 11.7. The number of carbonyl (C=O) groups is 1. The van der Waals surface area contributed by atoms with E-state index in [0.717, 1.165) is 0 Å². The molecule has 0 fully saturated rings. The van der Waals surface area contributed by atoms with Crippen molar-refractivity contribution in [3.8, 4) is 0 Å². The minimum absolute atomic E-state index is 0.157. The second-order valence-corrected chi connectivity index (χ2v) is 4.65. The number of anilines is 1. The van der Waals surface area contributed by atoms with Gasteiger partial charge in [-0.2, -0.15) is 0 Å². The Balaban J connectivity index is 2.21. The number of hydrogen-bond donors (Lipinski definition) is 1. The van der Waals surface area contributed by atoms with Crippen LogP contribution in [0.5, 0.6) is 0 Å². The zero-order chi connectivity index (χ0) is 13.1. The Morgan fingerprint density at radius 1 is 1.33 bits per heavy atom. The van der Waals surface area contributed by atoms with Gasteiger partial charge in [0.05, 0.1) is 23.8 Å². The van der Waals surface area contributed by atoms with E-state index in [2.05, 4.69) is 36.2 Å². The Labute approximate surface area is 117 Å². The lowest BCUT2D eigenvalue weighted by molar-refractivity contribution is 0.102. The molecule has 0 aromatic carbocycles. The number of halogens is 2. The summed E-state index contributed by atoms with van der Waals surface area (Å²) in [6.07, 6.45) is 2.72. The topological polar surface area (TPSA) is 67.8 Å². The number of aromatic nitrogens is 3. The monoisotopic (exact) mass is 326 g/mol. The van der Waals surface area contributed by atoms with Crippen LogP contribution in [0.25, 0.3) is 0 Å². The molecule has 0 aliphatic carbocycles. The Kier molecular flexibility index (Phi) is 3.88. The summed E-state index contributed by atoms with van der Waals surface area (Å²) in [4.78, 5) is 23.8. The number of carbonyl (C=O) groups excluding carboxylic acids is 1. The van der Waals surface area contributed by atoms with E-state index in [0.29, 0.717) is 16.0 Å². The molecule has 0 atom stereocenters. The first-order valence-electron chi connectivity index (χ1n) is 4.98. The van der Waals surface area contributed by atoms with Gasteiger partial charge in [-0.3, -0.25) is 9.78 Å². The van der Waals surface area contributed by atoms with Gasteiger partial charge in [0.2, 0.25) is 0 Å². The molecule has 0 radical (unpaired) electrons. The molecule has 0 aliphatic rings. The largest absolute Gasteiger partial charge is 0.319 e. The van der Waals surface area contributed by atoms with Gasteiger partial charge in [-0.1, -0.05) is 11.6 Å². The Morgan fingerprint density at radius 3 is 2.78 bits per heavy atom. The molecule has 92 valence electrons. The van der Waals surface area contributed by atoms with Crippen molar-refractivity contribution < 1.29 is 4.79 Å². The molecule has 2 heterocycles. The minimum Gasteiger partial charge on any atom is -0.319 e. The van der Waals surface area contributed by atoms with E-state index in [9.17, 15) is 4.79 Å². The molecule has 2 aromatic rings. The van der Waals surface area contributed by atoms with Crippen LogP contribution in [0.2, 0.25) is 5.15 Å². The van der Waals surface area contributed by atoms with Crippen molar-refractivity contribution in [2.75, 3.05) is 5.32 Å². The number of amides is 1. The summed E-state index contributed by atoms with van der Waals surface area (Å²) in [6, 6.07) is 3.49. The van der Waals surface area contributed by atoms with Crippen molar-refractivity contribution >= 4 is 39.1 Å². The summed E-state index contributed by atoms with van der Waals surface area (Å²) < 4.78 is 0.709. The zero-order valence-electron chi connectivity index (χ0n) is 9.32. The molecule has 0 unspecified atom stereocenters. The number of nitrogens with one attached hydrogen (secondary N) is 1. The molecule has 1 amide bonds. The molecular weight excluding hydrogens is 320 g/mol. The van der Waals surface area contributed by atoms with Crippen molar-refractivity contribution in [3.63, 3.8) is 0 Å². The van der Waals surface area contributed by atoms with Crippen molar-refractivity contribution in [2.45, 2.75) is 6.92 Å². The van der Waals surface area contributed by atoms with Gasteiger partial charge < -0.3 is 5.32 Å². The minimum atomic E-state index is -0.378. The molecule has 0 bridgehead atoms. The average molecular weight is 328 g/mol. The molecule has 18 heavy (non-hydrogen) atoms. The van der Waals surface area contributed by atoms with Crippen LogP contribution in [0.1, 0.15) is 16.2 Å². The van der Waals surface area contributed by atoms with Crippen molar-refractivity contribution in [1.29, 1.82) is 0 Å². The molecule has 2 aromatic heterocycles. The Morgan fingerprint density at radius 2 is 2.11 bits per heavy atom. The molecule has 1 N–H and O–H groups in total. The molecule has 0 saturated heterocycles. The average Bonchev–Trinajstić information content (AvgIpc) is 2.32. The van der Waals surface area contributed by atoms with E-state index < -0.39 is 0 Å². The van der Waals surface area contributed by atoms with Crippen LogP contribution in [0.15, 0.2) is 29.1 Å². The fraction of sp³-hybridized carbons (Fsp3) is 0.0909. The van der Waals surface area contributed by atoms with E-state index in [1.54, 1.807) is 19.1 Å². The van der Waals surface area contributed by atoms with Gasteiger partial charge in [0, 0.05) is 0 Å². The predicted molar refractivity (Wildman–Crippen MR) is 71.7 cm³/mol. The first-order chi connectivity index (χ1) is 8.56. The summed E-state index contributed by atoms with van der Waals surface area (Å²) in [5, 5.41) is 2.87. The SMILES string of the molecule is Cc1nc(Br)ccc1NC(=O)c1cncc(Cl)n1. The van der Waals surface area contributed by atoms with Gasteiger partial charge >= 0.3 is 0 Å². The Bertz CT molecular complexity index is 605. The quantitative estimate of drug-likeness (QED) is 0.861. The van der Waals surface area contributed by atoms with Crippen molar-refractivity contribution in [3.05, 3.63) is 45.7 Å². The lowest BCUT2D eigenvalue weighted by Gasteiger charge is -2.07. The standard InChI is InChI=1S/C11H8BrClN4O/c1-6-7(2-3-9(12)15-6)17-11(18)8-4-14-5-10(13)16-8/h2-5H,1H3,(H,17,18). The first-order valence-corrected chi connectivity index (χ1v) is 6.15. The van der Waals surface area contributed by atoms with Crippen LogP contribution in [-0.4, -0.2) is 20.9 Å². The van der Waals surface area contributed by atoms with Crippen LogP contribution in [0, 0.1) is 6.92 Å². The highest BCUT2D eigenvalue weighted by Gasteiger charge is 2.10. The van der Waals surface area contributed by atoms with Gasteiger partial charge in [-0.25, -0.2) is 9.97 Å². The highest BCUT2D eigenvalue weighted by molar-refractivity contribution is 9.10. The molecule has 0 saturated carbocycles. The summed E-state index contributed by atoms with van der Waals surface area (Å²) in [5.41, 5.74) is 1.47. The van der Waals surface area contributed by atoms with Crippen molar-refractivity contribution in [1.82, 2.24) is 15.0 Å². The second kappa shape index (κ2) is 5.41. The fourth-order valence-electron chi connectivity index (χ4n) is 1.30. The van der Waals surface area contributed by atoms with Gasteiger partial charge in [-0.15, -0.1) is 0 Å². The van der Waals surface area contributed by atoms with Crippen LogP contribution in [-0.2, 0) is 0 Å². The van der Waals surface area contributed by atoms with E-state index in [4.69, 9.17) is 11.6 Å².